The van der Waals surface area contributed by atoms with E-state index < -0.39 is 0 Å². The van der Waals surface area contributed by atoms with Crippen molar-refractivity contribution in [1.29, 1.82) is 0 Å². The van der Waals surface area contributed by atoms with Crippen LogP contribution in [-0.4, -0.2) is 31.1 Å². The zero-order chi connectivity index (χ0) is 15.1. The molecule has 21 heavy (non-hydrogen) atoms. The maximum absolute atomic E-state index is 11.7. The van der Waals surface area contributed by atoms with Crippen molar-refractivity contribution in [2.45, 2.75) is 38.6 Å². The topological polar surface area (TPSA) is 67.4 Å². The smallest absolute Gasteiger partial charge is 0.250 e. The highest BCUT2D eigenvalue weighted by molar-refractivity contribution is 5.92. The Balaban J connectivity index is 1.63. The lowest BCUT2D eigenvalue weighted by Gasteiger charge is -2.12. The summed E-state index contributed by atoms with van der Waals surface area (Å²) in [7, 11) is 0. The molecule has 1 aromatic rings. The van der Waals surface area contributed by atoms with Crippen LogP contribution < -0.4 is 10.6 Å². The molecule has 0 radical (unpaired) electrons. The molecular formula is C16H22N2O3. The third kappa shape index (κ3) is 5.55. The molecule has 2 amide bonds. The second kappa shape index (κ2) is 7.78. The maximum atomic E-state index is 11.7. The van der Waals surface area contributed by atoms with Gasteiger partial charge in [0, 0.05) is 11.7 Å². The van der Waals surface area contributed by atoms with Crippen LogP contribution in [0.15, 0.2) is 24.3 Å². The summed E-state index contributed by atoms with van der Waals surface area (Å²) in [5, 5.41) is 5.65. The molecule has 1 aliphatic rings. The summed E-state index contributed by atoms with van der Waals surface area (Å²) >= 11 is 0. The summed E-state index contributed by atoms with van der Waals surface area (Å²) in [6.07, 6.45) is 4.43. The second-order valence-corrected chi connectivity index (χ2v) is 5.46. The number of hydrogen-bond acceptors (Lipinski definition) is 3. The molecule has 0 aliphatic heterocycles. The van der Waals surface area contributed by atoms with E-state index in [0.29, 0.717) is 0 Å². The largest absolute Gasteiger partial charge is 0.362 e. The molecule has 5 nitrogen and oxygen atoms in total. The highest BCUT2D eigenvalue weighted by Gasteiger charge is 2.17. The fourth-order valence-electron chi connectivity index (χ4n) is 2.50. The lowest BCUT2D eigenvalue weighted by atomic mass is 10.2. The Hall–Kier alpha value is -1.88. The van der Waals surface area contributed by atoms with Gasteiger partial charge in [0.05, 0.1) is 0 Å². The van der Waals surface area contributed by atoms with Gasteiger partial charge in [0.2, 0.25) is 11.8 Å². The standard InChI is InChI=1S/C16H22N2O3/c1-12-5-4-8-14(9-12)18-16(20)11-21-10-15(19)17-13-6-2-3-7-13/h4-5,8-9,13H,2-3,6-7,10-11H2,1H3,(H,17,19)(H,18,20). The molecule has 114 valence electrons. The fourth-order valence-corrected chi connectivity index (χ4v) is 2.50. The van der Waals surface area contributed by atoms with E-state index in [1.807, 2.05) is 31.2 Å². The van der Waals surface area contributed by atoms with E-state index in [0.717, 1.165) is 24.1 Å². The van der Waals surface area contributed by atoms with Gasteiger partial charge in [-0.1, -0.05) is 25.0 Å². The van der Waals surface area contributed by atoms with Crippen LogP contribution in [0.25, 0.3) is 0 Å². The summed E-state index contributed by atoms with van der Waals surface area (Å²) in [5.74, 6) is -0.403. The molecule has 0 heterocycles. The lowest BCUT2D eigenvalue weighted by Crippen LogP contribution is -2.36. The van der Waals surface area contributed by atoms with Crippen molar-refractivity contribution in [3.05, 3.63) is 29.8 Å². The normalized spacial score (nSPS) is 14.9. The summed E-state index contributed by atoms with van der Waals surface area (Å²) in [6, 6.07) is 7.81. The lowest BCUT2D eigenvalue weighted by molar-refractivity contribution is -0.129. The number of benzene rings is 1. The van der Waals surface area contributed by atoms with Crippen LogP contribution >= 0.6 is 0 Å². The van der Waals surface area contributed by atoms with Crippen LogP contribution in [0.2, 0.25) is 0 Å². The number of ether oxygens (including phenoxy) is 1. The molecule has 2 rings (SSSR count). The number of hydrogen-bond donors (Lipinski definition) is 2. The van der Waals surface area contributed by atoms with Gasteiger partial charge in [-0.3, -0.25) is 9.59 Å². The fraction of sp³-hybridized carbons (Fsp3) is 0.500. The average Bonchev–Trinajstić information content (AvgIpc) is 2.91. The van der Waals surface area contributed by atoms with Gasteiger partial charge in [-0.25, -0.2) is 0 Å². The van der Waals surface area contributed by atoms with E-state index in [2.05, 4.69) is 10.6 Å². The minimum Gasteiger partial charge on any atom is -0.362 e. The molecule has 1 aromatic carbocycles. The zero-order valence-corrected chi connectivity index (χ0v) is 12.4. The zero-order valence-electron chi connectivity index (χ0n) is 12.4. The predicted octanol–water partition coefficient (Wildman–Crippen LogP) is 2.01. The first-order valence-electron chi connectivity index (χ1n) is 7.37. The molecule has 0 unspecified atom stereocenters. The van der Waals surface area contributed by atoms with Gasteiger partial charge in [0.15, 0.2) is 0 Å². The van der Waals surface area contributed by atoms with Crippen LogP contribution in [0.1, 0.15) is 31.2 Å². The first kappa shape index (κ1) is 15.5. The highest BCUT2D eigenvalue weighted by atomic mass is 16.5. The number of anilines is 1. The monoisotopic (exact) mass is 290 g/mol. The maximum Gasteiger partial charge on any atom is 0.250 e. The molecular weight excluding hydrogens is 268 g/mol. The molecule has 2 N–H and O–H groups in total. The van der Waals surface area contributed by atoms with E-state index in [-0.39, 0.29) is 31.1 Å². The first-order valence-corrected chi connectivity index (χ1v) is 7.37. The summed E-state index contributed by atoms with van der Waals surface area (Å²) in [4.78, 5) is 23.3. The van der Waals surface area contributed by atoms with E-state index in [1.54, 1.807) is 0 Å². The van der Waals surface area contributed by atoms with Gasteiger partial charge in [0.25, 0.3) is 0 Å². The van der Waals surface area contributed by atoms with Gasteiger partial charge in [0.1, 0.15) is 13.2 Å². The third-order valence-corrected chi connectivity index (χ3v) is 3.49. The summed E-state index contributed by atoms with van der Waals surface area (Å²) in [5.41, 5.74) is 1.81. The van der Waals surface area contributed by atoms with Crippen molar-refractivity contribution < 1.29 is 14.3 Å². The van der Waals surface area contributed by atoms with Crippen molar-refractivity contribution in [1.82, 2.24) is 5.32 Å². The molecule has 0 aromatic heterocycles. The second-order valence-electron chi connectivity index (χ2n) is 5.46. The quantitative estimate of drug-likeness (QED) is 0.842. The number of carbonyl (C=O) groups is 2. The average molecular weight is 290 g/mol. The molecule has 1 aliphatic carbocycles. The van der Waals surface area contributed by atoms with Gasteiger partial charge in [-0.05, 0) is 37.5 Å². The van der Waals surface area contributed by atoms with Crippen molar-refractivity contribution >= 4 is 17.5 Å². The molecule has 0 saturated heterocycles. The van der Waals surface area contributed by atoms with E-state index >= 15 is 0 Å². The number of carbonyl (C=O) groups excluding carboxylic acids is 2. The number of aryl methyl sites for hydroxylation is 1. The Morgan fingerprint density at radius 3 is 2.62 bits per heavy atom. The van der Waals surface area contributed by atoms with Crippen LogP contribution in [0.3, 0.4) is 0 Å². The molecule has 0 spiro atoms. The van der Waals surface area contributed by atoms with Crippen LogP contribution in [0.5, 0.6) is 0 Å². The third-order valence-electron chi connectivity index (χ3n) is 3.49. The summed E-state index contributed by atoms with van der Waals surface area (Å²) in [6.45, 7) is 1.77. The first-order chi connectivity index (χ1) is 10.1. The summed E-state index contributed by atoms with van der Waals surface area (Å²) < 4.78 is 5.15. The highest BCUT2D eigenvalue weighted by Crippen LogP contribution is 2.17. The molecule has 1 fully saturated rings. The van der Waals surface area contributed by atoms with E-state index in [1.165, 1.54) is 12.8 Å². The number of nitrogens with one attached hydrogen (secondary N) is 2. The van der Waals surface area contributed by atoms with Crippen molar-refractivity contribution in [2.75, 3.05) is 18.5 Å². The van der Waals surface area contributed by atoms with Gasteiger partial charge in [-0.2, -0.15) is 0 Å². The SMILES string of the molecule is Cc1cccc(NC(=O)COCC(=O)NC2CCCC2)c1. The predicted molar refractivity (Wildman–Crippen MR) is 81.0 cm³/mol. The Labute approximate surface area is 125 Å². The Morgan fingerprint density at radius 2 is 1.90 bits per heavy atom. The molecule has 1 saturated carbocycles. The van der Waals surface area contributed by atoms with Gasteiger partial charge >= 0.3 is 0 Å². The van der Waals surface area contributed by atoms with Crippen molar-refractivity contribution in [3.63, 3.8) is 0 Å². The minimum atomic E-state index is -0.255. The number of amides is 2. The van der Waals surface area contributed by atoms with Crippen LogP contribution in [-0.2, 0) is 14.3 Å². The molecule has 0 bridgehead atoms. The van der Waals surface area contributed by atoms with Crippen LogP contribution in [0, 0.1) is 6.92 Å². The Morgan fingerprint density at radius 1 is 1.19 bits per heavy atom. The Bertz CT molecular complexity index is 496. The Kier molecular flexibility index (Phi) is 5.75. The van der Waals surface area contributed by atoms with Gasteiger partial charge < -0.3 is 15.4 Å². The number of rotatable bonds is 6. The van der Waals surface area contributed by atoms with Crippen molar-refractivity contribution in [3.8, 4) is 0 Å². The van der Waals surface area contributed by atoms with E-state index in [9.17, 15) is 9.59 Å². The van der Waals surface area contributed by atoms with E-state index in [4.69, 9.17) is 4.74 Å². The van der Waals surface area contributed by atoms with Gasteiger partial charge in [-0.15, -0.1) is 0 Å². The molecule has 5 heteroatoms. The van der Waals surface area contributed by atoms with Crippen molar-refractivity contribution in [2.24, 2.45) is 0 Å². The molecule has 0 atom stereocenters. The van der Waals surface area contributed by atoms with Crippen LogP contribution in [0.4, 0.5) is 5.69 Å². The minimum absolute atomic E-state index is 0.0717.